The fraction of sp³-hybridized carbons (Fsp3) is 0.0164. The van der Waals surface area contributed by atoms with Crippen molar-refractivity contribution in [3.63, 3.8) is 0 Å². The van der Waals surface area contributed by atoms with Crippen LogP contribution >= 0.6 is 0 Å². The van der Waals surface area contributed by atoms with Gasteiger partial charge < -0.3 is 21.3 Å². The highest BCUT2D eigenvalue weighted by Crippen LogP contribution is 2.45. The third-order valence-corrected chi connectivity index (χ3v) is 11.6. The van der Waals surface area contributed by atoms with Crippen LogP contribution in [0.5, 0.6) is 0 Å². The largest absolute Gasteiger partial charge is 0.322 e. The molecule has 8 heteroatoms. The summed E-state index contributed by atoms with van der Waals surface area (Å²) in [5, 5.41) is 11.7. The average molecular weight is 893 g/mol. The molecule has 0 aliphatic carbocycles. The Kier molecular flexibility index (Phi) is 13.4. The van der Waals surface area contributed by atoms with Crippen molar-refractivity contribution in [2.45, 2.75) is 5.41 Å². The van der Waals surface area contributed by atoms with Gasteiger partial charge in [0, 0.05) is 67.3 Å². The molecule has 0 radical (unpaired) electrons. The van der Waals surface area contributed by atoms with Gasteiger partial charge in [0.1, 0.15) is 0 Å². The third-order valence-electron chi connectivity index (χ3n) is 11.6. The molecule has 4 amide bonds. The van der Waals surface area contributed by atoms with Crippen LogP contribution in [0, 0.1) is 49.4 Å². The summed E-state index contributed by atoms with van der Waals surface area (Å²) < 4.78 is 0. The highest BCUT2D eigenvalue weighted by atomic mass is 16.2. The van der Waals surface area contributed by atoms with Crippen LogP contribution in [0.4, 0.5) is 22.7 Å². The zero-order valence-corrected chi connectivity index (χ0v) is 36.9. The highest BCUT2D eigenvalue weighted by molar-refractivity contribution is 6.06. The van der Waals surface area contributed by atoms with E-state index in [9.17, 15) is 19.2 Å². The second-order valence-electron chi connectivity index (χ2n) is 15.8. The maximum Gasteiger partial charge on any atom is 0.255 e. The van der Waals surface area contributed by atoms with Crippen LogP contribution in [0.25, 0.3) is 0 Å². The van der Waals surface area contributed by atoms with E-state index in [1.54, 1.807) is 146 Å². The number of anilines is 4. The van der Waals surface area contributed by atoms with Gasteiger partial charge in [-0.25, -0.2) is 0 Å². The molecule has 0 atom stereocenters. The lowest BCUT2D eigenvalue weighted by molar-refractivity contribution is 0.101. The van der Waals surface area contributed by atoms with Crippen LogP contribution in [-0.2, 0) is 5.41 Å². The van der Waals surface area contributed by atoms with E-state index >= 15 is 0 Å². The Hall–Kier alpha value is -10.1. The van der Waals surface area contributed by atoms with Crippen molar-refractivity contribution in [2.75, 3.05) is 21.3 Å². The zero-order chi connectivity index (χ0) is 48.3. The zero-order valence-electron chi connectivity index (χ0n) is 36.9. The molecular formula is C61H40N4O4. The van der Waals surface area contributed by atoms with E-state index in [2.05, 4.69) is 44.9 Å². The van der Waals surface area contributed by atoms with Crippen molar-refractivity contribution >= 4 is 46.4 Å². The summed E-state index contributed by atoms with van der Waals surface area (Å²) in [5.74, 6) is 8.97. The number of terminal acetylenes is 4. The van der Waals surface area contributed by atoms with E-state index in [1.807, 2.05) is 48.5 Å². The molecule has 0 saturated carbocycles. The minimum atomic E-state index is -1.17. The van der Waals surface area contributed by atoms with Gasteiger partial charge in [-0.2, -0.15) is 0 Å². The van der Waals surface area contributed by atoms with E-state index in [-0.39, 0.29) is 23.6 Å². The molecule has 8 aromatic carbocycles. The molecule has 0 aliphatic rings. The predicted molar refractivity (Wildman–Crippen MR) is 274 cm³/mol. The van der Waals surface area contributed by atoms with Gasteiger partial charge in [0.2, 0.25) is 0 Å². The summed E-state index contributed by atoms with van der Waals surface area (Å²) in [6.07, 6.45) is 22.1. The van der Waals surface area contributed by atoms with E-state index in [4.69, 9.17) is 25.7 Å². The van der Waals surface area contributed by atoms with Crippen LogP contribution < -0.4 is 21.3 Å². The lowest BCUT2D eigenvalue weighted by atomic mass is 9.64. The second kappa shape index (κ2) is 20.4. The van der Waals surface area contributed by atoms with E-state index in [0.29, 0.717) is 67.3 Å². The minimum Gasteiger partial charge on any atom is -0.322 e. The van der Waals surface area contributed by atoms with Gasteiger partial charge in [0.05, 0.1) is 5.41 Å². The number of hydrogen-bond donors (Lipinski definition) is 4. The first-order chi connectivity index (χ1) is 33.6. The molecule has 0 fully saturated rings. The van der Waals surface area contributed by atoms with Crippen LogP contribution in [-0.4, -0.2) is 23.6 Å². The fourth-order valence-corrected chi connectivity index (χ4v) is 7.90. The van der Waals surface area contributed by atoms with Crippen molar-refractivity contribution < 1.29 is 19.2 Å². The summed E-state index contributed by atoms with van der Waals surface area (Å²) in [6.45, 7) is 0. The Morgan fingerprint density at radius 1 is 0.275 bits per heavy atom. The average Bonchev–Trinajstić information content (AvgIpc) is 3.40. The third kappa shape index (κ3) is 10.1. The van der Waals surface area contributed by atoms with Gasteiger partial charge >= 0.3 is 0 Å². The van der Waals surface area contributed by atoms with Crippen molar-refractivity contribution in [1.29, 1.82) is 0 Å². The van der Waals surface area contributed by atoms with E-state index < -0.39 is 5.41 Å². The van der Waals surface area contributed by atoms with Crippen molar-refractivity contribution in [1.82, 2.24) is 0 Å². The Morgan fingerprint density at radius 2 is 0.449 bits per heavy atom. The van der Waals surface area contributed by atoms with Crippen molar-refractivity contribution in [3.8, 4) is 49.4 Å². The SMILES string of the molecule is C#Cc1ccc(NC(=O)c2ccc(C(c3ccc(C(=O)Nc4ccc(C#C)cc4)cc3)(c3ccc(C(=O)Nc4ccc(C#C)cc4)cc3)c3ccc(C(=O)Nc4ccc(C#C)cc4)cc3)cc2)cc1. The molecule has 8 nitrogen and oxygen atoms in total. The van der Waals surface area contributed by atoms with Crippen molar-refractivity contribution in [3.05, 3.63) is 261 Å². The van der Waals surface area contributed by atoms with Crippen LogP contribution in [0.1, 0.15) is 85.9 Å². The van der Waals surface area contributed by atoms with E-state index in [1.165, 1.54) is 0 Å². The first kappa shape index (κ1) is 45.4. The fourth-order valence-electron chi connectivity index (χ4n) is 7.90. The van der Waals surface area contributed by atoms with Crippen LogP contribution in [0.15, 0.2) is 194 Å². The van der Waals surface area contributed by atoms with Gasteiger partial charge in [-0.05, 0) is 168 Å². The molecule has 0 saturated heterocycles. The first-order valence-electron chi connectivity index (χ1n) is 21.5. The molecule has 4 N–H and O–H groups in total. The highest BCUT2D eigenvalue weighted by Gasteiger charge is 2.39. The molecule has 8 aromatic rings. The standard InChI is InChI=1S/C61H40N4O4/c1-5-41-9-33-53(34-10-41)62-57(66)45-17-25-49(26-18-45)61(50-27-19-46(20-28-50)58(67)63-54-35-11-42(6-2)12-36-54,51-29-21-47(22-30-51)59(68)64-55-37-13-43(7-3)14-38-55)52-31-23-48(24-32-52)60(69)65-56-39-15-44(8-4)16-40-56/h1-4,9-40H,(H,62,66)(H,63,67)(H,64,68)(H,65,69). The van der Waals surface area contributed by atoms with Gasteiger partial charge in [-0.15, -0.1) is 25.7 Å². The molecule has 0 aliphatic heterocycles. The van der Waals surface area contributed by atoms with Gasteiger partial charge in [0.15, 0.2) is 0 Å². The van der Waals surface area contributed by atoms with Gasteiger partial charge in [-0.1, -0.05) is 72.2 Å². The number of hydrogen-bond acceptors (Lipinski definition) is 4. The maximum atomic E-state index is 13.6. The van der Waals surface area contributed by atoms with Crippen LogP contribution in [0.3, 0.4) is 0 Å². The summed E-state index contributed by atoms with van der Waals surface area (Å²) in [4.78, 5) is 54.6. The van der Waals surface area contributed by atoms with Gasteiger partial charge in [-0.3, -0.25) is 19.2 Å². The molecule has 0 bridgehead atoms. The lowest BCUT2D eigenvalue weighted by Crippen LogP contribution is -2.31. The quantitative estimate of drug-likeness (QED) is 0.0722. The normalized spacial score (nSPS) is 10.5. The second-order valence-corrected chi connectivity index (χ2v) is 15.8. The summed E-state index contributed by atoms with van der Waals surface area (Å²) in [5.41, 5.74) is 8.39. The Labute approximate surface area is 400 Å². The number of carbonyl (C=O) groups excluding carboxylic acids is 4. The Morgan fingerprint density at radius 3 is 0.609 bits per heavy atom. The lowest BCUT2D eigenvalue weighted by Gasteiger charge is -2.37. The molecule has 0 aromatic heterocycles. The monoisotopic (exact) mass is 892 g/mol. The molecule has 0 unspecified atom stereocenters. The topological polar surface area (TPSA) is 116 Å². The molecule has 0 heterocycles. The molecule has 69 heavy (non-hydrogen) atoms. The van der Waals surface area contributed by atoms with Crippen LogP contribution in [0.2, 0.25) is 0 Å². The first-order valence-corrected chi connectivity index (χ1v) is 21.5. The molecule has 0 spiro atoms. The number of benzene rings is 8. The summed E-state index contributed by atoms with van der Waals surface area (Å²) in [6, 6.07) is 56.8. The molecular weight excluding hydrogens is 853 g/mol. The number of carbonyl (C=O) groups is 4. The summed E-state index contributed by atoms with van der Waals surface area (Å²) in [7, 11) is 0. The summed E-state index contributed by atoms with van der Waals surface area (Å²) >= 11 is 0. The van der Waals surface area contributed by atoms with E-state index in [0.717, 1.165) is 22.3 Å². The maximum absolute atomic E-state index is 13.6. The Balaban J connectivity index is 1.22. The Bertz CT molecular complexity index is 2900. The van der Waals surface area contributed by atoms with Gasteiger partial charge in [0.25, 0.3) is 23.6 Å². The number of rotatable bonds is 12. The predicted octanol–water partition coefficient (Wildman–Crippen LogP) is 11.0. The van der Waals surface area contributed by atoms with Crippen molar-refractivity contribution in [2.24, 2.45) is 0 Å². The smallest absolute Gasteiger partial charge is 0.255 e. The minimum absolute atomic E-state index is 0.335. The molecule has 8 rings (SSSR count). The number of nitrogens with one attached hydrogen (secondary N) is 4. The molecule has 328 valence electrons. The number of amides is 4.